The van der Waals surface area contributed by atoms with Crippen LogP contribution in [0.3, 0.4) is 0 Å². The summed E-state index contributed by atoms with van der Waals surface area (Å²) in [4.78, 5) is 29.0. The molecule has 0 aliphatic carbocycles. The molecule has 2 fully saturated rings. The number of rotatable bonds is 4. The summed E-state index contributed by atoms with van der Waals surface area (Å²) in [5.41, 5.74) is 1.74. The van der Waals surface area contributed by atoms with Crippen molar-refractivity contribution in [1.29, 1.82) is 0 Å². The highest BCUT2D eigenvalue weighted by molar-refractivity contribution is 7.03. The fourth-order valence-corrected chi connectivity index (χ4v) is 4.81. The molecule has 0 saturated carbocycles. The van der Waals surface area contributed by atoms with Crippen molar-refractivity contribution in [2.75, 3.05) is 45.2 Å². The van der Waals surface area contributed by atoms with Crippen molar-refractivity contribution in [2.24, 2.45) is 11.3 Å². The number of aromatic nitrogens is 1. The van der Waals surface area contributed by atoms with E-state index in [1.54, 1.807) is 34.6 Å². The van der Waals surface area contributed by atoms with Gasteiger partial charge in [-0.05, 0) is 42.2 Å². The van der Waals surface area contributed by atoms with E-state index >= 15 is 0 Å². The molecule has 3 heterocycles. The number of urea groups is 1. The predicted octanol–water partition coefficient (Wildman–Crippen LogP) is 2.06. The minimum absolute atomic E-state index is 0.0470. The second-order valence-corrected chi connectivity index (χ2v) is 8.47. The summed E-state index contributed by atoms with van der Waals surface area (Å²) in [6, 6.07) is 5.30. The van der Waals surface area contributed by atoms with Crippen molar-refractivity contribution < 1.29 is 19.4 Å². The van der Waals surface area contributed by atoms with Gasteiger partial charge in [-0.2, -0.15) is 0 Å². The Kier molecular flexibility index (Phi) is 5.18. The van der Waals surface area contributed by atoms with Gasteiger partial charge < -0.3 is 25.0 Å². The number of likely N-dealkylation sites (tertiary alicyclic amines) is 2. The molecule has 2 atom stereocenters. The van der Waals surface area contributed by atoms with Gasteiger partial charge in [0.2, 0.25) is 0 Å². The first-order valence-corrected chi connectivity index (χ1v) is 10.3. The van der Waals surface area contributed by atoms with Crippen LogP contribution in [-0.4, -0.2) is 71.1 Å². The van der Waals surface area contributed by atoms with Crippen LogP contribution in [0.2, 0.25) is 0 Å². The Hall–Kier alpha value is -2.65. The van der Waals surface area contributed by atoms with E-state index in [0.717, 1.165) is 17.0 Å². The van der Waals surface area contributed by atoms with Crippen molar-refractivity contribution >= 4 is 29.2 Å². The summed E-state index contributed by atoms with van der Waals surface area (Å²) in [5, 5.41) is 14.8. The zero-order chi connectivity index (χ0) is 20.6. The van der Waals surface area contributed by atoms with Crippen molar-refractivity contribution in [3.8, 4) is 5.75 Å². The lowest BCUT2D eigenvalue weighted by atomic mass is 9.82. The van der Waals surface area contributed by atoms with Crippen molar-refractivity contribution in [2.45, 2.75) is 6.92 Å². The molecule has 2 aliphatic rings. The van der Waals surface area contributed by atoms with Crippen LogP contribution in [0.15, 0.2) is 29.8 Å². The van der Waals surface area contributed by atoms with Crippen LogP contribution in [0.5, 0.6) is 5.75 Å². The summed E-state index contributed by atoms with van der Waals surface area (Å²) in [7, 11) is 1.60. The number of hydrogen-bond acceptors (Lipinski definition) is 6. The molecular weight excluding hydrogens is 392 g/mol. The Morgan fingerprint density at radius 3 is 2.72 bits per heavy atom. The van der Waals surface area contributed by atoms with E-state index in [0.29, 0.717) is 31.7 Å². The average molecular weight is 417 g/mol. The monoisotopic (exact) mass is 416 g/mol. The van der Waals surface area contributed by atoms with E-state index in [2.05, 4.69) is 9.69 Å². The Bertz CT molecular complexity index is 919. The molecule has 2 aromatic rings. The summed E-state index contributed by atoms with van der Waals surface area (Å²) in [6.45, 7) is 3.74. The lowest BCUT2D eigenvalue weighted by molar-refractivity contribution is 0.0731. The highest BCUT2D eigenvalue weighted by atomic mass is 32.1. The first-order valence-electron chi connectivity index (χ1n) is 9.46. The quantitative estimate of drug-likeness (QED) is 0.796. The van der Waals surface area contributed by atoms with Crippen LogP contribution < -0.4 is 10.1 Å². The normalized spacial score (nSPS) is 23.2. The Morgan fingerprint density at radius 2 is 2.10 bits per heavy atom. The summed E-state index contributed by atoms with van der Waals surface area (Å²) >= 11 is 1.25. The van der Waals surface area contributed by atoms with Crippen LogP contribution >= 0.6 is 11.5 Å². The van der Waals surface area contributed by atoms with E-state index in [4.69, 9.17) is 4.74 Å². The van der Waals surface area contributed by atoms with E-state index in [1.165, 1.54) is 11.5 Å². The maximum Gasteiger partial charge on any atom is 0.321 e. The molecular formula is C20H24N4O4S. The number of hydrogen-bond donors (Lipinski definition) is 2. The largest absolute Gasteiger partial charge is 0.497 e. The highest BCUT2D eigenvalue weighted by Gasteiger charge is 2.54. The number of methoxy groups -OCH3 is 1. The number of amides is 3. The zero-order valence-corrected chi connectivity index (χ0v) is 17.2. The van der Waals surface area contributed by atoms with E-state index < -0.39 is 5.41 Å². The van der Waals surface area contributed by atoms with Gasteiger partial charge in [0.05, 0.1) is 25.5 Å². The van der Waals surface area contributed by atoms with Gasteiger partial charge in [-0.15, -0.1) is 0 Å². The topological polar surface area (TPSA) is 95.0 Å². The molecule has 8 nitrogen and oxygen atoms in total. The number of aliphatic hydroxyl groups excluding tert-OH is 1. The van der Waals surface area contributed by atoms with Gasteiger partial charge in [-0.1, -0.05) is 0 Å². The van der Waals surface area contributed by atoms with E-state index in [1.807, 2.05) is 19.1 Å². The van der Waals surface area contributed by atoms with E-state index in [9.17, 15) is 14.7 Å². The van der Waals surface area contributed by atoms with Crippen molar-refractivity contribution in [3.05, 3.63) is 40.9 Å². The number of ether oxygens (including phenoxy) is 1. The molecule has 2 unspecified atom stereocenters. The van der Waals surface area contributed by atoms with Gasteiger partial charge in [0.15, 0.2) is 0 Å². The number of nitrogens with zero attached hydrogens (tertiary/aromatic N) is 3. The minimum atomic E-state index is -0.481. The van der Waals surface area contributed by atoms with Gasteiger partial charge in [0.25, 0.3) is 5.91 Å². The standard InChI is InChI=1S/C20H24N4O4S/c1-13-5-16(28-2)3-4-17(13)22-19(27)24-8-15-7-23(10-20(15,11-24)12-25)18(26)14-6-21-29-9-14/h3-6,9,15,25H,7-8,10-12H2,1-2H3,(H,22,27). The van der Waals surface area contributed by atoms with Gasteiger partial charge in [0, 0.05) is 48.6 Å². The molecule has 2 N–H and O–H groups in total. The molecule has 9 heteroatoms. The maximum atomic E-state index is 12.8. The van der Waals surface area contributed by atoms with Gasteiger partial charge >= 0.3 is 6.03 Å². The molecule has 4 rings (SSSR count). The van der Waals surface area contributed by atoms with Crippen molar-refractivity contribution in [3.63, 3.8) is 0 Å². The number of aliphatic hydroxyl groups is 1. The lowest BCUT2D eigenvalue weighted by Crippen LogP contribution is -2.41. The smallest absolute Gasteiger partial charge is 0.321 e. The Balaban J connectivity index is 1.43. The molecule has 1 aromatic carbocycles. The third-order valence-electron chi connectivity index (χ3n) is 6.00. The summed E-state index contributed by atoms with van der Waals surface area (Å²) < 4.78 is 9.20. The third kappa shape index (κ3) is 3.56. The number of carbonyl (C=O) groups excluding carboxylic acids is 2. The molecule has 154 valence electrons. The zero-order valence-electron chi connectivity index (χ0n) is 16.4. The number of anilines is 1. The second kappa shape index (κ2) is 7.64. The Labute approximate surface area is 173 Å². The van der Waals surface area contributed by atoms with Gasteiger partial charge in [0.1, 0.15) is 5.75 Å². The third-order valence-corrected chi connectivity index (χ3v) is 6.59. The van der Waals surface area contributed by atoms with Gasteiger partial charge in [-0.25, -0.2) is 9.17 Å². The number of nitrogens with one attached hydrogen (secondary N) is 1. The van der Waals surface area contributed by atoms with Crippen LogP contribution in [0.4, 0.5) is 10.5 Å². The molecule has 2 saturated heterocycles. The molecule has 0 radical (unpaired) electrons. The van der Waals surface area contributed by atoms with Crippen LogP contribution in [0.25, 0.3) is 0 Å². The minimum Gasteiger partial charge on any atom is -0.497 e. The van der Waals surface area contributed by atoms with Crippen LogP contribution in [0.1, 0.15) is 15.9 Å². The summed E-state index contributed by atoms with van der Waals surface area (Å²) in [6.07, 6.45) is 1.57. The lowest BCUT2D eigenvalue weighted by Gasteiger charge is -2.27. The predicted molar refractivity (Wildman–Crippen MR) is 109 cm³/mol. The number of fused-ring (bicyclic) bond motifs is 1. The number of benzene rings is 1. The highest BCUT2D eigenvalue weighted by Crippen LogP contribution is 2.42. The molecule has 2 aliphatic heterocycles. The first-order chi connectivity index (χ1) is 14.0. The average Bonchev–Trinajstić information content (AvgIpc) is 3.43. The second-order valence-electron chi connectivity index (χ2n) is 7.81. The summed E-state index contributed by atoms with van der Waals surface area (Å²) in [5.74, 6) is 0.720. The Morgan fingerprint density at radius 1 is 1.34 bits per heavy atom. The molecule has 0 spiro atoms. The van der Waals surface area contributed by atoms with Crippen LogP contribution in [-0.2, 0) is 0 Å². The van der Waals surface area contributed by atoms with Crippen LogP contribution in [0, 0.1) is 18.3 Å². The first kappa shape index (κ1) is 19.7. The number of carbonyl (C=O) groups is 2. The fraction of sp³-hybridized carbons (Fsp3) is 0.450. The molecule has 3 amide bonds. The molecule has 0 bridgehead atoms. The SMILES string of the molecule is COc1ccc(NC(=O)N2CC3CN(C(=O)c4cnsc4)CC3(CO)C2)c(C)c1. The van der Waals surface area contributed by atoms with Crippen molar-refractivity contribution in [1.82, 2.24) is 14.2 Å². The molecule has 1 aromatic heterocycles. The number of aryl methyl sites for hydroxylation is 1. The fourth-order valence-electron chi connectivity index (χ4n) is 4.30. The maximum absolute atomic E-state index is 12.8. The van der Waals surface area contributed by atoms with Gasteiger partial charge in [-0.3, -0.25) is 4.79 Å². The van der Waals surface area contributed by atoms with E-state index in [-0.39, 0.29) is 24.5 Å². The molecule has 29 heavy (non-hydrogen) atoms.